The van der Waals surface area contributed by atoms with Crippen molar-refractivity contribution in [2.45, 2.75) is 20.8 Å². The molecule has 2 aromatic rings. The molecule has 0 unspecified atom stereocenters. The molecular formula is C15H13FN2O. The van der Waals surface area contributed by atoms with Crippen LogP contribution in [-0.2, 0) is 0 Å². The van der Waals surface area contributed by atoms with Gasteiger partial charge in [-0.2, -0.15) is 5.26 Å². The Hall–Kier alpha value is -2.41. The molecule has 96 valence electrons. The van der Waals surface area contributed by atoms with Gasteiger partial charge in [-0.25, -0.2) is 4.39 Å². The number of rotatable bonds is 2. The van der Waals surface area contributed by atoms with Crippen molar-refractivity contribution >= 4 is 0 Å². The standard InChI is InChI=1S/C15H13FN2O/c1-9-6-12(16)4-5-14(9)19-15-7-10(2)18-11(3)13(15)8-17/h4-7H,1-3H3. The number of pyridine rings is 1. The SMILES string of the molecule is Cc1cc(Oc2ccc(F)cc2C)c(C#N)c(C)n1. The summed E-state index contributed by atoms with van der Waals surface area (Å²) in [4.78, 5) is 4.22. The Balaban J connectivity index is 2.46. The molecule has 1 aromatic carbocycles. The molecule has 0 aliphatic rings. The van der Waals surface area contributed by atoms with Crippen molar-refractivity contribution in [3.8, 4) is 17.6 Å². The Morgan fingerprint density at radius 3 is 2.53 bits per heavy atom. The maximum absolute atomic E-state index is 13.0. The number of benzene rings is 1. The predicted octanol–water partition coefficient (Wildman–Crippen LogP) is 3.81. The summed E-state index contributed by atoms with van der Waals surface area (Å²) in [6.45, 7) is 5.35. The van der Waals surface area contributed by atoms with Crippen molar-refractivity contribution in [1.29, 1.82) is 5.26 Å². The third-order valence-corrected chi connectivity index (χ3v) is 2.76. The average Bonchev–Trinajstić information content (AvgIpc) is 2.32. The summed E-state index contributed by atoms with van der Waals surface area (Å²) in [5.41, 5.74) is 2.47. The van der Waals surface area contributed by atoms with E-state index in [1.807, 2.05) is 6.92 Å². The van der Waals surface area contributed by atoms with Crippen LogP contribution in [0.2, 0.25) is 0 Å². The lowest BCUT2D eigenvalue weighted by atomic mass is 10.1. The Morgan fingerprint density at radius 2 is 1.89 bits per heavy atom. The van der Waals surface area contributed by atoms with Gasteiger partial charge in [-0.05, 0) is 44.5 Å². The lowest BCUT2D eigenvalue weighted by molar-refractivity contribution is 0.473. The van der Waals surface area contributed by atoms with Crippen molar-refractivity contribution in [2.24, 2.45) is 0 Å². The van der Waals surface area contributed by atoms with Gasteiger partial charge in [0.05, 0.1) is 5.69 Å². The molecule has 0 aliphatic carbocycles. The van der Waals surface area contributed by atoms with Crippen molar-refractivity contribution in [3.05, 3.63) is 52.6 Å². The molecule has 3 nitrogen and oxygen atoms in total. The second kappa shape index (κ2) is 5.07. The summed E-state index contributed by atoms with van der Waals surface area (Å²) >= 11 is 0. The monoisotopic (exact) mass is 256 g/mol. The molecule has 0 N–H and O–H groups in total. The van der Waals surface area contributed by atoms with Crippen molar-refractivity contribution in [2.75, 3.05) is 0 Å². The number of nitrogens with zero attached hydrogens (tertiary/aromatic N) is 2. The summed E-state index contributed by atoms with van der Waals surface area (Å²) < 4.78 is 18.8. The Kier molecular flexibility index (Phi) is 3.48. The molecule has 0 atom stereocenters. The second-order valence-corrected chi connectivity index (χ2v) is 4.35. The summed E-state index contributed by atoms with van der Waals surface area (Å²) in [6, 6.07) is 8.06. The minimum Gasteiger partial charge on any atom is -0.456 e. The van der Waals surface area contributed by atoms with Gasteiger partial charge >= 0.3 is 0 Å². The van der Waals surface area contributed by atoms with Crippen molar-refractivity contribution in [1.82, 2.24) is 4.98 Å². The smallest absolute Gasteiger partial charge is 0.148 e. The van der Waals surface area contributed by atoms with E-state index in [2.05, 4.69) is 11.1 Å². The number of hydrogen-bond donors (Lipinski definition) is 0. The van der Waals surface area contributed by atoms with Crippen LogP contribution in [0.1, 0.15) is 22.5 Å². The molecule has 19 heavy (non-hydrogen) atoms. The van der Waals surface area contributed by atoms with E-state index >= 15 is 0 Å². The van der Waals surface area contributed by atoms with Gasteiger partial charge in [0.15, 0.2) is 0 Å². The van der Waals surface area contributed by atoms with E-state index in [9.17, 15) is 4.39 Å². The van der Waals surface area contributed by atoms with Crippen molar-refractivity contribution < 1.29 is 9.13 Å². The summed E-state index contributed by atoms with van der Waals surface area (Å²) in [5, 5.41) is 9.15. The molecule has 0 saturated heterocycles. The highest BCUT2D eigenvalue weighted by atomic mass is 19.1. The van der Waals surface area contributed by atoms with E-state index < -0.39 is 0 Å². The average molecular weight is 256 g/mol. The first-order chi connectivity index (χ1) is 9.01. The van der Waals surface area contributed by atoms with Gasteiger partial charge in [-0.1, -0.05) is 0 Å². The zero-order chi connectivity index (χ0) is 14.0. The maximum Gasteiger partial charge on any atom is 0.148 e. The molecule has 1 aromatic heterocycles. The minimum absolute atomic E-state index is 0.313. The molecular weight excluding hydrogens is 243 g/mol. The van der Waals surface area contributed by atoms with Crippen LogP contribution in [0.25, 0.3) is 0 Å². The van der Waals surface area contributed by atoms with E-state index in [1.165, 1.54) is 12.1 Å². The number of aromatic nitrogens is 1. The van der Waals surface area contributed by atoms with Gasteiger partial charge in [-0.3, -0.25) is 4.98 Å². The van der Waals surface area contributed by atoms with Gasteiger partial charge in [-0.15, -0.1) is 0 Å². The van der Waals surface area contributed by atoms with Crippen LogP contribution in [0.4, 0.5) is 4.39 Å². The molecule has 0 spiro atoms. The zero-order valence-electron chi connectivity index (χ0n) is 11.0. The van der Waals surface area contributed by atoms with Crippen LogP contribution in [0, 0.1) is 37.9 Å². The van der Waals surface area contributed by atoms with Crippen molar-refractivity contribution in [3.63, 3.8) is 0 Å². The van der Waals surface area contributed by atoms with E-state index in [0.29, 0.717) is 28.3 Å². The predicted molar refractivity (Wildman–Crippen MR) is 69.6 cm³/mol. The normalized spacial score (nSPS) is 10.1. The highest BCUT2D eigenvalue weighted by Crippen LogP contribution is 2.29. The summed E-state index contributed by atoms with van der Waals surface area (Å²) in [6.07, 6.45) is 0. The third-order valence-electron chi connectivity index (χ3n) is 2.76. The first kappa shape index (κ1) is 13.0. The zero-order valence-corrected chi connectivity index (χ0v) is 11.0. The van der Waals surface area contributed by atoms with Crippen LogP contribution < -0.4 is 4.74 Å². The van der Waals surface area contributed by atoms with Crippen LogP contribution in [-0.4, -0.2) is 4.98 Å². The van der Waals surface area contributed by atoms with Crippen LogP contribution in [0.3, 0.4) is 0 Å². The topological polar surface area (TPSA) is 45.9 Å². The molecule has 0 fully saturated rings. The number of ether oxygens (including phenoxy) is 1. The quantitative estimate of drug-likeness (QED) is 0.820. The Morgan fingerprint density at radius 1 is 1.16 bits per heavy atom. The summed E-state index contributed by atoms with van der Waals surface area (Å²) in [5.74, 6) is 0.664. The largest absolute Gasteiger partial charge is 0.456 e. The molecule has 4 heteroatoms. The van der Waals surface area contributed by atoms with Crippen LogP contribution >= 0.6 is 0 Å². The molecule has 0 amide bonds. The fourth-order valence-corrected chi connectivity index (χ4v) is 1.86. The van der Waals surface area contributed by atoms with Gasteiger partial charge < -0.3 is 4.74 Å². The van der Waals surface area contributed by atoms with Crippen LogP contribution in [0.5, 0.6) is 11.5 Å². The van der Waals surface area contributed by atoms with Gasteiger partial charge in [0.2, 0.25) is 0 Å². The first-order valence-electron chi connectivity index (χ1n) is 5.83. The summed E-state index contributed by atoms with van der Waals surface area (Å²) in [7, 11) is 0. The molecule has 2 rings (SSSR count). The minimum atomic E-state index is -0.313. The van der Waals surface area contributed by atoms with Gasteiger partial charge in [0, 0.05) is 11.8 Å². The lowest BCUT2D eigenvalue weighted by Gasteiger charge is -2.11. The highest BCUT2D eigenvalue weighted by Gasteiger charge is 2.11. The maximum atomic E-state index is 13.0. The van der Waals surface area contributed by atoms with Gasteiger partial charge in [0.25, 0.3) is 0 Å². The van der Waals surface area contributed by atoms with Gasteiger partial charge in [0.1, 0.15) is 28.9 Å². The van der Waals surface area contributed by atoms with E-state index in [0.717, 1.165) is 5.69 Å². The van der Waals surface area contributed by atoms with Crippen LogP contribution in [0.15, 0.2) is 24.3 Å². The first-order valence-corrected chi connectivity index (χ1v) is 5.83. The number of hydrogen-bond acceptors (Lipinski definition) is 3. The fourth-order valence-electron chi connectivity index (χ4n) is 1.86. The molecule has 0 saturated carbocycles. The van der Waals surface area contributed by atoms with E-state index in [-0.39, 0.29) is 5.82 Å². The number of halogens is 1. The fraction of sp³-hybridized carbons (Fsp3) is 0.200. The molecule has 0 bridgehead atoms. The highest BCUT2D eigenvalue weighted by molar-refractivity contribution is 5.49. The Labute approximate surface area is 111 Å². The molecule has 0 aliphatic heterocycles. The third kappa shape index (κ3) is 2.71. The second-order valence-electron chi connectivity index (χ2n) is 4.35. The molecule has 1 heterocycles. The number of aryl methyl sites for hydroxylation is 3. The van der Waals surface area contributed by atoms with E-state index in [1.54, 1.807) is 26.0 Å². The van der Waals surface area contributed by atoms with E-state index in [4.69, 9.17) is 10.00 Å². The number of nitriles is 1. The lowest BCUT2D eigenvalue weighted by Crippen LogP contribution is -1.97. The molecule has 0 radical (unpaired) electrons. The Bertz CT molecular complexity index is 675.